The van der Waals surface area contributed by atoms with Crippen LogP contribution in [0.5, 0.6) is 0 Å². The Balaban J connectivity index is 4.30. The van der Waals surface area contributed by atoms with E-state index in [-0.39, 0.29) is 0 Å². The van der Waals surface area contributed by atoms with Gasteiger partial charge in [-0.15, -0.1) is 0 Å². The van der Waals surface area contributed by atoms with Crippen LogP contribution in [-0.2, 0) is 4.74 Å². The van der Waals surface area contributed by atoms with Gasteiger partial charge in [-0.25, -0.2) is 0 Å². The van der Waals surface area contributed by atoms with Gasteiger partial charge in [-0.3, -0.25) is 0 Å². The maximum Gasteiger partial charge on any atom is 0.322 e. The van der Waals surface area contributed by atoms with E-state index < -0.39 is 19.7 Å². The third-order valence-electron chi connectivity index (χ3n) is 0.476. The molecular formula is C4F4I2O. The third kappa shape index (κ3) is 4.82. The summed E-state index contributed by atoms with van der Waals surface area (Å²) in [4.78, 5) is 0. The van der Waals surface area contributed by atoms with Gasteiger partial charge >= 0.3 is 12.0 Å². The molecule has 0 radical (unpaired) electrons. The van der Waals surface area contributed by atoms with E-state index in [0.29, 0.717) is 0 Å². The van der Waals surface area contributed by atoms with Crippen LogP contribution in [0, 0.1) is 0 Å². The van der Waals surface area contributed by atoms with Crippen molar-refractivity contribution in [1.29, 1.82) is 0 Å². The van der Waals surface area contributed by atoms with Crippen LogP contribution in [-0.4, -0.2) is 0 Å². The van der Waals surface area contributed by atoms with Gasteiger partial charge in [0, 0.05) is 0 Å². The first-order valence-corrected chi connectivity index (χ1v) is 4.20. The highest BCUT2D eigenvalue weighted by molar-refractivity contribution is 14.1. The fourth-order valence-corrected chi connectivity index (χ4v) is 0.376. The van der Waals surface area contributed by atoms with Crippen molar-refractivity contribution < 1.29 is 22.3 Å². The zero-order valence-corrected chi connectivity index (χ0v) is 8.99. The lowest BCUT2D eigenvalue weighted by Gasteiger charge is -1.96. The van der Waals surface area contributed by atoms with Gasteiger partial charge in [0.05, 0.1) is 0 Å². The fourth-order valence-electron chi connectivity index (χ4n) is 0.156. The maximum atomic E-state index is 12.0. The molecule has 0 fully saturated rings. The number of halogens is 6. The molecule has 0 spiro atoms. The molecule has 0 aromatic carbocycles. The van der Waals surface area contributed by atoms with Gasteiger partial charge in [0.1, 0.15) is 0 Å². The summed E-state index contributed by atoms with van der Waals surface area (Å²) in [6, 6.07) is -3.59. The molecule has 0 saturated heterocycles. The summed E-state index contributed by atoms with van der Waals surface area (Å²) in [7, 11) is 0. The molecule has 0 amide bonds. The quantitative estimate of drug-likeness (QED) is 0.391. The van der Waals surface area contributed by atoms with Crippen molar-refractivity contribution >= 4 is 45.2 Å². The molecule has 0 rings (SSSR count). The number of ether oxygens (including phenoxy) is 1. The van der Waals surface area contributed by atoms with Gasteiger partial charge in [0.2, 0.25) is 7.67 Å². The SMILES string of the molecule is FC(I)=C(F)OC(F)=C(F)I. The number of hydrogen-bond acceptors (Lipinski definition) is 1. The predicted molar refractivity (Wildman–Crippen MR) is 47.6 cm³/mol. The summed E-state index contributed by atoms with van der Waals surface area (Å²) < 4.78 is 48.2. The first-order chi connectivity index (χ1) is 4.95. The zero-order valence-electron chi connectivity index (χ0n) is 4.68. The highest BCUT2D eigenvalue weighted by Crippen LogP contribution is 2.23. The molecule has 0 saturated carbocycles. The minimum absolute atomic E-state index is 0.924. The molecule has 0 aromatic heterocycles. The van der Waals surface area contributed by atoms with E-state index in [1.807, 2.05) is 0 Å². The summed E-state index contributed by atoms with van der Waals surface area (Å²) in [6.07, 6.45) is 0. The van der Waals surface area contributed by atoms with Gasteiger partial charge in [-0.1, -0.05) is 0 Å². The highest BCUT2D eigenvalue weighted by atomic mass is 127. The molecule has 0 aliphatic rings. The van der Waals surface area contributed by atoms with Gasteiger partial charge in [-0.2, -0.15) is 17.6 Å². The fraction of sp³-hybridized carbons (Fsp3) is 0. The Morgan fingerprint density at radius 3 is 1.27 bits per heavy atom. The minimum atomic E-state index is -1.80. The summed E-state index contributed by atoms with van der Waals surface area (Å²) in [5.74, 6) is 0. The normalized spacial score (nSPS) is 15.5. The van der Waals surface area contributed by atoms with Crippen LogP contribution in [0.4, 0.5) is 17.6 Å². The molecule has 0 bridgehead atoms. The maximum absolute atomic E-state index is 12.0. The minimum Gasteiger partial charge on any atom is -0.399 e. The van der Waals surface area contributed by atoms with Gasteiger partial charge in [-0.05, 0) is 45.2 Å². The lowest BCUT2D eigenvalue weighted by Crippen LogP contribution is -1.84. The topological polar surface area (TPSA) is 9.23 Å². The monoisotopic (exact) mass is 394 g/mol. The van der Waals surface area contributed by atoms with Crippen molar-refractivity contribution in [2.45, 2.75) is 0 Å². The molecule has 0 aliphatic heterocycles. The molecule has 0 heterocycles. The lowest BCUT2D eigenvalue weighted by atomic mass is 11.0. The lowest BCUT2D eigenvalue weighted by molar-refractivity contribution is 0.142. The summed E-state index contributed by atoms with van der Waals surface area (Å²) in [5, 5.41) is 0. The molecular weight excluding hydrogens is 394 g/mol. The molecule has 7 heteroatoms. The molecule has 0 atom stereocenters. The molecule has 1 nitrogen and oxygen atoms in total. The number of rotatable bonds is 2. The molecule has 11 heavy (non-hydrogen) atoms. The second kappa shape index (κ2) is 5.17. The smallest absolute Gasteiger partial charge is 0.322 e. The molecule has 64 valence electrons. The van der Waals surface area contributed by atoms with Crippen molar-refractivity contribution in [2.75, 3.05) is 0 Å². The highest BCUT2D eigenvalue weighted by Gasteiger charge is 2.10. The van der Waals surface area contributed by atoms with Crippen LogP contribution in [0.15, 0.2) is 19.7 Å². The van der Waals surface area contributed by atoms with Crippen LogP contribution in [0.3, 0.4) is 0 Å². The van der Waals surface area contributed by atoms with Crippen molar-refractivity contribution in [3.05, 3.63) is 19.7 Å². The van der Waals surface area contributed by atoms with Crippen LogP contribution < -0.4 is 0 Å². The first-order valence-electron chi connectivity index (χ1n) is 2.04. The van der Waals surface area contributed by atoms with E-state index in [0.717, 1.165) is 45.2 Å². The van der Waals surface area contributed by atoms with E-state index >= 15 is 0 Å². The average molecular weight is 394 g/mol. The predicted octanol–water partition coefficient (Wildman–Crippen LogP) is 4.00. The van der Waals surface area contributed by atoms with Crippen molar-refractivity contribution in [3.63, 3.8) is 0 Å². The second-order valence-corrected chi connectivity index (χ2v) is 3.06. The summed E-state index contributed by atoms with van der Waals surface area (Å²) in [5.41, 5.74) is 0. The Morgan fingerprint density at radius 2 is 1.09 bits per heavy atom. The van der Waals surface area contributed by atoms with E-state index in [2.05, 4.69) is 4.74 Å². The first kappa shape index (κ1) is 11.5. The van der Waals surface area contributed by atoms with Gasteiger partial charge < -0.3 is 4.74 Å². The number of hydrogen-bond donors (Lipinski definition) is 0. The average Bonchev–Trinajstić information content (AvgIpc) is 1.87. The molecule has 0 aromatic rings. The van der Waals surface area contributed by atoms with E-state index in [1.165, 1.54) is 0 Å². The van der Waals surface area contributed by atoms with E-state index in [4.69, 9.17) is 0 Å². The zero-order chi connectivity index (χ0) is 9.02. The molecule has 0 aliphatic carbocycles. The van der Waals surface area contributed by atoms with Crippen LogP contribution in [0.25, 0.3) is 0 Å². The van der Waals surface area contributed by atoms with Crippen LogP contribution in [0.2, 0.25) is 0 Å². The standard InChI is InChI=1S/C4F4I2O/c5-1(9)3(7)11-4(8)2(6)10. The van der Waals surface area contributed by atoms with E-state index in [9.17, 15) is 17.6 Å². The van der Waals surface area contributed by atoms with Crippen molar-refractivity contribution in [1.82, 2.24) is 0 Å². The Labute approximate surface area is 86.8 Å². The second-order valence-electron chi connectivity index (χ2n) is 1.17. The van der Waals surface area contributed by atoms with Crippen molar-refractivity contribution in [2.24, 2.45) is 0 Å². The van der Waals surface area contributed by atoms with E-state index in [1.54, 1.807) is 0 Å². The Morgan fingerprint density at radius 1 is 0.818 bits per heavy atom. The molecule has 0 N–H and O–H groups in total. The third-order valence-corrected chi connectivity index (χ3v) is 1.32. The largest absolute Gasteiger partial charge is 0.399 e. The van der Waals surface area contributed by atoms with Crippen molar-refractivity contribution in [3.8, 4) is 0 Å². The Bertz CT molecular complexity index is 182. The Kier molecular flexibility index (Phi) is 5.38. The summed E-state index contributed by atoms with van der Waals surface area (Å²) in [6.45, 7) is 0. The molecule has 0 unspecified atom stereocenters. The van der Waals surface area contributed by atoms with Gasteiger partial charge in [0.25, 0.3) is 0 Å². The van der Waals surface area contributed by atoms with Crippen LogP contribution in [0.1, 0.15) is 0 Å². The Hall–Kier alpha value is 0.460. The van der Waals surface area contributed by atoms with Crippen LogP contribution >= 0.6 is 45.2 Å². The summed E-state index contributed by atoms with van der Waals surface area (Å²) >= 11 is 1.85. The van der Waals surface area contributed by atoms with Gasteiger partial charge in [0.15, 0.2) is 0 Å².